The van der Waals surface area contributed by atoms with E-state index < -0.39 is 16.1 Å². The third kappa shape index (κ3) is 4.84. The number of sulfonamides is 1. The molecule has 0 aliphatic carbocycles. The third-order valence-electron chi connectivity index (χ3n) is 3.94. The molecular weight excluding hydrogens is 352 g/mol. The van der Waals surface area contributed by atoms with Crippen LogP contribution < -0.4 is 9.62 Å². The van der Waals surface area contributed by atoms with Crippen molar-refractivity contribution < 1.29 is 17.9 Å². The highest BCUT2D eigenvalue weighted by molar-refractivity contribution is 7.92. The van der Waals surface area contributed by atoms with Crippen molar-refractivity contribution >= 4 is 33.2 Å². The zero-order valence-electron chi connectivity index (χ0n) is 13.9. The van der Waals surface area contributed by atoms with Gasteiger partial charge in [0.15, 0.2) is 0 Å². The number of halogens is 1. The summed E-state index contributed by atoms with van der Waals surface area (Å²) < 4.78 is 31.2. The van der Waals surface area contributed by atoms with E-state index in [9.17, 15) is 13.2 Å². The maximum atomic E-state index is 12.6. The molecule has 0 bridgehead atoms. The molecule has 1 aliphatic heterocycles. The quantitative estimate of drug-likeness (QED) is 0.793. The lowest BCUT2D eigenvalue weighted by Crippen LogP contribution is -2.50. The summed E-state index contributed by atoms with van der Waals surface area (Å²) in [6, 6.07) is 5.58. The maximum absolute atomic E-state index is 12.6. The summed E-state index contributed by atoms with van der Waals surface area (Å²) in [5.74, 6) is -0.326. The van der Waals surface area contributed by atoms with Gasteiger partial charge in [0, 0.05) is 18.2 Å². The van der Waals surface area contributed by atoms with Crippen molar-refractivity contribution in [2.24, 2.45) is 0 Å². The van der Waals surface area contributed by atoms with E-state index in [0.717, 1.165) is 23.4 Å². The number of amides is 1. The van der Waals surface area contributed by atoms with Crippen LogP contribution in [-0.4, -0.2) is 45.9 Å². The second-order valence-electron chi connectivity index (χ2n) is 5.84. The highest BCUT2D eigenvalue weighted by Crippen LogP contribution is 2.24. The Morgan fingerprint density at radius 3 is 2.58 bits per heavy atom. The van der Waals surface area contributed by atoms with E-state index in [-0.39, 0.29) is 12.0 Å². The van der Waals surface area contributed by atoms with Crippen molar-refractivity contribution in [3.05, 3.63) is 29.3 Å². The minimum Gasteiger partial charge on any atom is -0.376 e. The first-order chi connectivity index (χ1) is 11.3. The molecule has 6 nitrogen and oxygen atoms in total. The molecule has 134 valence electrons. The molecule has 1 heterocycles. The Balaban J connectivity index is 2.18. The number of ether oxygens (including phenoxy) is 1. The van der Waals surface area contributed by atoms with Crippen LogP contribution in [-0.2, 0) is 19.6 Å². The van der Waals surface area contributed by atoms with Gasteiger partial charge in [0.1, 0.15) is 6.04 Å². The van der Waals surface area contributed by atoms with E-state index >= 15 is 0 Å². The van der Waals surface area contributed by atoms with Crippen LogP contribution >= 0.6 is 11.6 Å². The van der Waals surface area contributed by atoms with Gasteiger partial charge < -0.3 is 10.1 Å². The molecule has 1 aromatic carbocycles. The average molecular weight is 375 g/mol. The Labute approximate surface area is 148 Å². The molecular formula is C16H23ClN2O4S. The number of carbonyl (C=O) groups excluding carboxylic acids is 1. The van der Waals surface area contributed by atoms with E-state index in [1.807, 2.05) is 0 Å². The fourth-order valence-electron chi connectivity index (χ4n) is 2.79. The molecule has 1 aromatic rings. The standard InChI is InChI=1S/C16H23ClN2O4S/c1-3-15(16(20)18-11-14-5-4-10-23-14)19(24(2,21)22)13-8-6-12(17)7-9-13/h6-9,14-15H,3-5,10-11H2,1-2H3,(H,18,20)/t14-,15-/m0/s1. The summed E-state index contributed by atoms with van der Waals surface area (Å²) >= 11 is 5.87. The van der Waals surface area contributed by atoms with Gasteiger partial charge in [-0.25, -0.2) is 8.42 Å². The largest absolute Gasteiger partial charge is 0.376 e. The van der Waals surface area contributed by atoms with Gasteiger partial charge in [0.05, 0.1) is 18.0 Å². The number of carbonyl (C=O) groups is 1. The number of hydrogen-bond acceptors (Lipinski definition) is 4. The normalized spacial score (nSPS) is 19.0. The fourth-order valence-corrected chi connectivity index (χ4v) is 4.12. The van der Waals surface area contributed by atoms with Crippen molar-refractivity contribution in [1.29, 1.82) is 0 Å². The molecule has 1 saturated heterocycles. The summed E-state index contributed by atoms with van der Waals surface area (Å²) in [7, 11) is -3.63. The van der Waals surface area contributed by atoms with E-state index in [1.54, 1.807) is 31.2 Å². The number of hydrogen-bond donors (Lipinski definition) is 1. The van der Waals surface area contributed by atoms with Crippen LogP contribution in [0.1, 0.15) is 26.2 Å². The molecule has 1 aliphatic rings. The van der Waals surface area contributed by atoms with E-state index in [0.29, 0.717) is 30.3 Å². The van der Waals surface area contributed by atoms with Gasteiger partial charge >= 0.3 is 0 Å². The van der Waals surface area contributed by atoms with Gasteiger partial charge in [-0.15, -0.1) is 0 Å². The van der Waals surface area contributed by atoms with Gasteiger partial charge in [-0.1, -0.05) is 18.5 Å². The second kappa shape index (κ2) is 8.18. The van der Waals surface area contributed by atoms with Gasteiger partial charge in [0.25, 0.3) is 0 Å². The monoisotopic (exact) mass is 374 g/mol. The smallest absolute Gasteiger partial charge is 0.243 e. The second-order valence-corrected chi connectivity index (χ2v) is 8.14. The lowest BCUT2D eigenvalue weighted by atomic mass is 10.1. The molecule has 0 radical (unpaired) electrons. The zero-order chi connectivity index (χ0) is 17.7. The highest BCUT2D eigenvalue weighted by atomic mass is 35.5. The number of nitrogens with zero attached hydrogens (tertiary/aromatic N) is 1. The molecule has 8 heteroatoms. The van der Waals surface area contributed by atoms with Crippen LogP contribution in [0.4, 0.5) is 5.69 Å². The lowest BCUT2D eigenvalue weighted by Gasteiger charge is -2.30. The van der Waals surface area contributed by atoms with Crippen molar-refractivity contribution in [3.8, 4) is 0 Å². The number of nitrogens with one attached hydrogen (secondary N) is 1. The maximum Gasteiger partial charge on any atom is 0.243 e. The number of benzene rings is 1. The minimum absolute atomic E-state index is 0.00803. The Bertz CT molecular complexity index is 657. The molecule has 1 amide bonds. The van der Waals surface area contributed by atoms with Gasteiger partial charge in [0.2, 0.25) is 15.9 Å². The van der Waals surface area contributed by atoms with Gasteiger partial charge in [-0.05, 0) is 43.5 Å². The van der Waals surface area contributed by atoms with Crippen molar-refractivity contribution in [3.63, 3.8) is 0 Å². The predicted octanol–water partition coefficient (Wildman–Crippen LogP) is 2.18. The van der Waals surface area contributed by atoms with Crippen LogP contribution in [0.25, 0.3) is 0 Å². The van der Waals surface area contributed by atoms with Gasteiger partial charge in [-0.2, -0.15) is 0 Å². The number of anilines is 1. The fraction of sp³-hybridized carbons (Fsp3) is 0.562. The first-order valence-electron chi connectivity index (χ1n) is 7.97. The molecule has 1 fully saturated rings. The Morgan fingerprint density at radius 2 is 2.08 bits per heavy atom. The molecule has 0 unspecified atom stereocenters. The molecule has 0 saturated carbocycles. The average Bonchev–Trinajstić information content (AvgIpc) is 3.03. The topological polar surface area (TPSA) is 75.7 Å². The van der Waals surface area contributed by atoms with E-state index in [1.165, 1.54) is 0 Å². The summed E-state index contributed by atoms with van der Waals surface area (Å²) in [5, 5.41) is 3.32. The zero-order valence-corrected chi connectivity index (χ0v) is 15.4. The van der Waals surface area contributed by atoms with Crippen LogP contribution in [0, 0.1) is 0 Å². The molecule has 1 N–H and O–H groups in total. The summed E-state index contributed by atoms with van der Waals surface area (Å²) in [6.07, 6.45) is 3.35. The highest BCUT2D eigenvalue weighted by Gasteiger charge is 2.31. The Morgan fingerprint density at radius 1 is 1.42 bits per heavy atom. The van der Waals surface area contributed by atoms with Crippen molar-refractivity contribution in [2.75, 3.05) is 23.7 Å². The minimum atomic E-state index is -3.63. The molecule has 2 atom stereocenters. The first kappa shape index (κ1) is 19.0. The van der Waals surface area contributed by atoms with E-state index in [2.05, 4.69) is 5.32 Å². The Kier molecular flexibility index (Phi) is 6.48. The van der Waals surface area contributed by atoms with E-state index in [4.69, 9.17) is 16.3 Å². The van der Waals surface area contributed by atoms with Crippen LogP contribution in [0.3, 0.4) is 0 Å². The number of rotatable bonds is 7. The van der Waals surface area contributed by atoms with Crippen molar-refractivity contribution in [1.82, 2.24) is 5.32 Å². The van der Waals surface area contributed by atoms with Crippen LogP contribution in [0.15, 0.2) is 24.3 Å². The Hall–Kier alpha value is -1.31. The third-order valence-corrected chi connectivity index (χ3v) is 5.37. The summed E-state index contributed by atoms with van der Waals surface area (Å²) in [4.78, 5) is 12.6. The van der Waals surface area contributed by atoms with Crippen molar-refractivity contribution in [2.45, 2.75) is 38.3 Å². The lowest BCUT2D eigenvalue weighted by molar-refractivity contribution is -0.122. The predicted molar refractivity (Wildman–Crippen MR) is 94.8 cm³/mol. The summed E-state index contributed by atoms with van der Waals surface area (Å²) in [5.41, 5.74) is 0.418. The van der Waals surface area contributed by atoms with Crippen LogP contribution in [0.5, 0.6) is 0 Å². The summed E-state index contributed by atoms with van der Waals surface area (Å²) in [6.45, 7) is 2.88. The molecule has 24 heavy (non-hydrogen) atoms. The van der Waals surface area contributed by atoms with Gasteiger partial charge in [-0.3, -0.25) is 9.10 Å². The SMILES string of the molecule is CC[C@@H](C(=O)NC[C@@H]1CCCO1)N(c1ccc(Cl)cc1)S(C)(=O)=O. The molecule has 2 rings (SSSR count). The molecule has 0 spiro atoms. The molecule has 0 aromatic heterocycles. The first-order valence-corrected chi connectivity index (χ1v) is 10.2. The van der Waals surface area contributed by atoms with Crippen LogP contribution in [0.2, 0.25) is 5.02 Å².